The molecule has 1 heteroatoms. The predicted molar refractivity (Wildman–Crippen MR) is 66.5 cm³/mol. The molecule has 0 aromatic rings. The monoisotopic (exact) mass is 222 g/mol. The summed E-state index contributed by atoms with van der Waals surface area (Å²) in [6.45, 7) is 1.04. The highest BCUT2D eigenvalue weighted by atomic mass is 16.5. The molecule has 2 spiro atoms. The molecule has 0 radical (unpaired) electrons. The van der Waals surface area contributed by atoms with Crippen molar-refractivity contribution < 1.29 is 4.74 Å². The summed E-state index contributed by atoms with van der Waals surface area (Å²) in [5.41, 5.74) is 0.924. The molecule has 1 heterocycles. The summed E-state index contributed by atoms with van der Waals surface area (Å²) in [7, 11) is 0. The number of rotatable bonds is 0. The molecule has 16 heavy (non-hydrogen) atoms. The standard InChI is InChI=1S/C15H26O/c1-2-8-14(9-3-1)10-4-5-11-15(14)12-6-7-13-16-15/h1-13H2. The van der Waals surface area contributed by atoms with Gasteiger partial charge in [-0.25, -0.2) is 0 Å². The van der Waals surface area contributed by atoms with Crippen LogP contribution in [0.5, 0.6) is 0 Å². The Balaban J connectivity index is 1.86. The number of hydrogen-bond acceptors (Lipinski definition) is 1. The number of ether oxygens (including phenoxy) is 1. The highest BCUT2D eigenvalue weighted by molar-refractivity contribution is 5.04. The first-order valence-electron chi connectivity index (χ1n) is 7.51. The molecule has 3 rings (SSSR count). The lowest BCUT2D eigenvalue weighted by Crippen LogP contribution is -2.54. The van der Waals surface area contributed by atoms with E-state index in [1.165, 1.54) is 77.0 Å². The average molecular weight is 222 g/mol. The molecule has 2 aliphatic carbocycles. The second-order valence-corrected chi connectivity index (χ2v) is 6.35. The Labute approximate surface area is 99.9 Å². The number of hydrogen-bond donors (Lipinski definition) is 0. The molecule has 0 bridgehead atoms. The fraction of sp³-hybridized carbons (Fsp3) is 1.00. The zero-order chi connectivity index (χ0) is 10.9. The highest BCUT2D eigenvalue weighted by Gasteiger charge is 2.53. The Morgan fingerprint density at radius 1 is 0.562 bits per heavy atom. The van der Waals surface area contributed by atoms with Crippen molar-refractivity contribution in [3.63, 3.8) is 0 Å². The fourth-order valence-electron chi connectivity index (χ4n) is 4.77. The second-order valence-electron chi connectivity index (χ2n) is 6.35. The van der Waals surface area contributed by atoms with E-state index < -0.39 is 0 Å². The van der Waals surface area contributed by atoms with Gasteiger partial charge in [-0.3, -0.25) is 0 Å². The van der Waals surface area contributed by atoms with Gasteiger partial charge < -0.3 is 4.74 Å². The van der Waals surface area contributed by atoms with Crippen molar-refractivity contribution in [3.8, 4) is 0 Å². The van der Waals surface area contributed by atoms with Gasteiger partial charge in [0.25, 0.3) is 0 Å². The van der Waals surface area contributed by atoms with Crippen LogP contribution in [0, 0.1) is 5.41 Å². The maximum absolute atomic E-state index is 6.40. The number of fused-ring (bicyclic) bond motifs is 1. The maximum atomic E-state index is 6.40. The quantitative estimate of drug-likeness (QED) is 0.588. The Hall–Kier alpha value is -0.0400. The van der Waals surface area contributed by atoms with Gasteiger partial charge in [-0.1, -0.05) is 32.1 Å². The van der Waals surface area contributed by atoms with Crippen molar-refractivity contribution in [3.05, 3.63) is 0 Å². The van der Waals surface area contributed by atoms with Crippen molar-refractivity contribution >= 4 is 0 Å². The van der Waals surface area contributed by atoms with Gasteiger partial charge >= 0.3 is 0 Å². The summed E-state index contributed by atoms with van der Waals surface area (Å²) in [5, 5.41) is 0. The molecular weight excluding hydrogens is 196 g/mol. The third kappa shape index (κ3) is 1.63. The lowest BCUT2D eigenvalue weighted by Gasteiger charge is -2.57. The van der Waals surface area contributed by atoms with Crippen molar-refractivity contribution in [1.29, 1.82) is 0 Å². The summed E-state index contributed by atoms with van der Waals surface area (Å²) in [5.74, 6) is 0. The molecule has 0 N–H and O–H groups in total. The zero-order valence-electron chi connectivity index (χ0n) is 10.6. The van der Waals surface area contributed by atoms with Crippen molar-refractivity contribution in [2.24, 2.45) is 5.41 Å². The van der Waals surface area contributed by atoms with Crippen molar-refractivity contribution in [2.75, 3.05) is 6.61 Å². The molecule has 92 valence electrons. The van der Waals surface area contributed by atoms with Crippen molar-refractivity contribution in [1.82, 2.24) is 0 Å². The van der Waals surface area contributed by atoms with E-state index in [0.29, 0.717) is 11.0 Å². The van der Waals surface area contributed by atoms with Crippen LogP contribution < -0.4 is 0 Å². The minimum atomic E-state index is 0.323. The van der Waals surface area contributed by atoms with Gasteiger partial charge in [-0.2, -0.15) is 0 Å². The SMILES string of the molecule is C1CCC2(CC1)CCCCC21CCCCO1. The molecule has 3 aliphatic rings. The van der Waals surface area contributed by atoms with Crippen LogP contribution in [0.2, 0.25) is 0 Å². The first-order chi connectivity index (χ1) is 7.87. The molecule has 0 aromatic heterocycles. The molecule has 0 amide bonds. The molecule has 1 nitrogen and oxygen atoms in total. The van der Waals surface area contributed by atoms with Gasteiger partial charge in [-0.05, 0) is 50.4 Å². The van der Waals surface area contributed by atoms with Gasteiger partial charge in [0.15, 0.2) is 0 Å². The van der Waals surface area contributed by atoms with Crippen LogP contribution in [0.25, 0.3) is 0 Å². The first kappa shape index (κ1) is 11.1. The molecule has 1 atom stereocenters. The lowest BCUT2D eigenvalue weighted by molar-refractivity contribution is -0.193. The zero-order valence-corrected chi connectivity index (χ0v) is 10.6. The van der Waals surface area contributed by atoms with Crippen molar-refractivity contribution in [2.45, 2.75) is 82.7 Å². The van der Waals surface area contributed by atoms with Crippen LogP contribution in [0.3, 0.4) is 0 Å². The molecule has 1 aliphatic heterocycles. The van der Waals surface area contributed by atoms with Crippen LogP contribution in [0.15, 0.2) is 0 Å². The van der Waals surface area contributed by atoms with E-state index in [-0.39, 0.29) is 0 Å². The van der Waals surface area contributed by atoms with E-state index in [9.17, 15) is 0 Å². The first-order valence-corrected chi connectivity index (χ1v) is 7.51. The molecule has 0 aromatic carbocycles. The van der Waals surface area contributed by atoms with Gasteiger partial charge in [0.1, 0.15) is 0 Å². The molecular formula is C15H26O. The molecule has 2 saturated carbocycles. The Kier molecular flexibility index (Phi) is 2.99. The van der Waals surface area contributed by atoms with E-state index in [0.717, 1.165) is 6.61 Å². The molecule has 3 fully saturated rings. The normalized spacial score (nSPS) is 39.0. The van der Waals surface area contributed by atoms with Crippen LogP contribution in [-0.2, 0) is 4.74 Å². The Morgan fingerprint density at radius 3 is 1.75 bits per heavy atom. The van der Waals surface area contributed by atoms with E-state index in [2.05, 4.69) is 0 Å². The predicted octanol–water partition coefficient (Wildman–Crippen LogP) is 4.45. The summed E-state index contributed by atoms with van der Waals surface area (Å²) in [6.07, 6.45) is 17.1. The van der Waals surface area contributed by atoms with Crippen LogP contribution in [-0.4, -0.2) is 12.2 Å². The largest absolute Gasteiger partial charge is 0.374 e. The molecule has 1 saturated heterocycles. The van der Waals surface area contributed by atoms with E-state index in [1.54, 1.807) is 0 Å². The minimum Gasteiger partial charge on any atom is -0.374 e. The summed E-state index contributed by atoms with van der Waals surface area (Å²) >= 11 is 0. The van der Waals surface area contributed by atoms with Gasteiger partial charge in [0.2, 0.25) is 0 Å². The second kappa shape index (κ2) is 4.33. The lowest BCUT2D eigenvalue weighted by atomic mass is 9.55. The average Bonchev–Trinajstić information content (AvgIpc) is 2.36. The third-order valence-corrected chi connectivity index (χ3v) is 5.62. The fourth-order valence-corrected chi connectivity index (χ4v) is 4.77. The minimum absolute atomic E-state index is 0.323. The Morgan fingerprint density at radius 2 is 1.12 bits per heavy atom. The highest BCUT2D eigenvalue weighted by Crippen LogP contribution is 2.57. The van der Waals surface area contributed by atoms with E-state index in [4.69, 9.17) is 4.74 Å². The summed E-state index contributed by atoms with van der Waals surface area (Å²) < 4.78 is 6.40. The topological polar surface area (TPSA) is 9.23 Å². The smallest absolute Gasteiger partial charge is 0.0738 e. The maximum Gasteiger partial charge on any atom is 0.0738 e. The van der Waals surface area contributed by atoms with Gasteiger partial charge in [0.05, 0.1) is 5.60 Å². The van der Waals surface area contributed by atoms with Crippen LogP contribution >= 0.6 is 0 Å². The van der Waals surface area contributed by atoms with E-state index in [1.807, 2.05) is 0 Å². The van der Waals surface area contributed by atoms with E-state index >= 15 is 0 Å². The van der Waals surface area contributed by atoms with Crippen LogP contribution in [0.1, 0.15) is 77.0 Å². The summed E-state index contributed by atoms with van der Waals surface area (Å²) in [6, 6.07) is 0. The molecule has 1 unspecified atom stereocenters. The Bertz CT molecular complexity index is 191. The van der Waals surface area contributed by atoms with Gasteiger partial charge in [0, 0.05) is 6.61 Å². The third-order valence-electron chi connectivity index (χ3n) is 5.62. The van der Waals surface area contributed by atoms with Gasteiger partial charge in [-0.15, -0.1) is 0 Å². The van der Waals surface area contributed by atoms with Crippen LogP contribution in [0.4, 0.5) is 0 Å². The summed E-state index contributed by atoms with van der Waals surface area (Å²) in [4.78, 5) is 0.